The van der Waals surface area contributed by atoms with Crippen LogP contribution in [0.3, 0.4) is 0 Å². The maximum Gasteiger partial charge on any atom is 0.255 e. The van der Waals surface area contributed by atoms with Gasteiger partial charge < -0.3 is 10.6 Å². The average Bonchev–Trinajstić information content (AvgIpc) is 2.49. The molecule has 0 saturated carbocycles. The monoisotopic (exact) mass is 347 g/mol. The molecular weight excluding hydrogens is 330 g/mol. The van der Waals surface area contributed by atoms with Crippen molar-refractivity contribution in [2.24, 2.45) is 0 Å². The smallest absolute Gasteiger partial charge is 0.255 e. The molecule has 1 aromatic carbocycles. The van der Waals surface area contributed by atoms with Gasteiger partial charge in [0.05, 0.1) is 11.9 Å². The lowest BCUT2D eigenvalue weighted by Crippen LogP contribution is -2.15. The van der Waals surface area contributed by atoms with Crippen LogP contribution in [-0.2, 0) is 0 Å². The van der Waals surface area contributed by atoms with Crippen molar-refractivity contribution in [1.29, 1.82) is 0 Å². The van der Waals surface area contributed by atoms with Crippen molar-refractivity contribution in [2.45, 2.75) is 26.3 Å². The second-order valence-electron chi connectivity index (χ2n) is 4.85. The average molecular weight is 348 g/mol. The molecule has 0 aliphatic heterocycles. The summed E-state index contributed by atoms with van der Waals surface area (Å²) in [5.41, 5.74) is 1.28. The molecule has 1 amide bonds. The van der Waals surface area contributed by atoms with Crippen LogP contribution < -0.4 is 10.6 Å². The fourth-order valence-electron chi connectivity index (χ4n) is 1.74. The Morgan fingerprint density at radius 1 is 1.33 bits per heavy atom. The first kappa shape index (κ1) is 15.5. The van der Waals surface area contributed by atoms with E-state index in [1.807, 2.05) is 24.3 Å². The van der Waals surface area contributed by atoms with Crippen LogP contribution in [0, 0.1) is 0 Å². The number of hydrogen-bond acceptors (Lipinski definition) is 3. The minimum atomic E-state index is -0.152. The number of anilines is 2. The maximum absolute atomic E-state index is 12.1. The van der Waals surface area contributed by atoms with Crippen LogP contribution in [0.2, 0.25) is 0 Å². The summed E-state index contributed by atoms with van der Waals surface area (Å²) < 4.78 is 0.876. The Kier molecular flexibility index (Phi) is 5.33. The molecule has 0 saturated heterocycles. The number of aromatic nitrogens is 1. The van der Waals surface area contributed by atoms with Crippen molar-refractivity contribution in [3.8, 4) is 0 Å². The molecule has 0 fully saturated rings. The molecule has 0 radical (unpaired) electrons. The molecule has 1 heterocycles. The Hall–Kier alpha value is -1.88. The fourth-order valence-corrected chi connectivity index (χ4v) is 2.14. The van der Waals surface area contributed by atoms with Crippen molar-refractivity contribution >= 4 is 33.3 Å². The van der Waals surface area contributed by atoms with Gasteiger partial charge in [0.1, 0.15) is 5.82 Å². The standard InChI is InChI=1S/C16H18BrN3O/c1-3-11(2)19-15-8-7-14(10-18-15)20-16(21)12-5-4-6-13(17)9-12/h4-11H,3H2,1-2H3,(H,18,19)(H,20,21). The third-order valence-electron chi connectivity index (χ3n) is 3.11. The number of nitrogens with one attached hydrogen (secondary N) is 2. The van der Waals surface area contributed by atoms with Crippen molar-refractivity contribution in [2.75, 3.05) is 10.6 Å². The normalized spacial score (nSPS) is 11.8. The lowest BCUT2D eigenvalue weighted by Gasteiger charge is -2.12. The number of rotatable bonds is 5. The van der Waals surface area contributed by atoms with E-state index in [9.17, 15) is 4.79 Å². The summed E-state index contributed by atoms with van der Waals surface area (Å²) in [5, 5.41) is 6.11. The summed E-state index contributed by atoms with van der Waals surface area (Å²) in [6, 6.07) is 11.3. The molecule has 2 N–H and O–H groups in total. The number of hydrogen-bond donors (Lipinski definition) is 2. The van der Waals surface area contributed by atoms with Crippen LogP contribution >= 0.6 is 15.9 Å². The van der Waals surface area contributed by atoms with Crippen molar-refractivity contribution in [3.05, 3.63) is 52.6 Å². The van der Waals surface area contributed by atoms with Crippen LogP contribution in [0.25, 0.3) is 0 Å². The largest absolute Gasteiger partial charge is 0.368 e. The molecule has 1 atom stereocenters. The zero-order chi connectivity index (χ0) is 15.2. The number of halogens is 1. The summed E-state index contributed by atoms with van der Waals surface area (Å²) in [6.45, 7) is 4.22. The molecule has 2 rings (SSSR count). The number of amides is 1. The van der Waals surface area contributed by atoms with E-state index in [0.29, 0.717) is 17.3 Å². The van der Waals surface area contributed by atoms with Crippen LogP contribution in [0.5, 0.6) is 0 Å². The molecule has 2 aromatic rings. The van der Waals surface area contributed by atoms with Gasteiger partial charge in [0, 0.05) is 16.1 Å². The highest BCUT2D eigenvalue weighted by atomic mass is 79.9. The minimum absolute atomic E-state index is 0.152. The first-order chi connectivity index (χ1) is 10.1. The lowest BCUT2D eigenvalue weighted by molar-refractivity contribution is 0.102. The van der Waals surface area contributed by atoms with Crippen LogP contribution in [-0.4, -0.2) is 16.9 Å². The molecule has 4 nitrogen and oxygen atoms in total. The fraction of sp³-hybridized carbons (Fsp3) is 0.250. The third kappa shape index (κ3) is 4.56. The van der Waals surface area contributed by atoms with Gasteiger partial charge >= 0.3 is 0 Å². The zero-order valence-electron chi connectivity index (χ0n) is 12.1. The molecule has 0 aliphatic carbocycles. The van der Waals surface area contributed by atoms with Crippen molar-refractivity contribution in [3.63, 3.8) is 0 Å². The van der Waals surface area contributed by atoms with Gasteiger partial charge in [-0.3, -0.25) is 4.79 Å². The third-order valence-corrected chi connectivity index (χ3v) is 3.61. The number of carbonyl (C=O) groups is 1. The van der Waals surface area contributed by atoms with Gasteiger partial charge in [-0.1, -0.05) is 28.9 Å². The summed E-state index contributed by atoms with van der Waals surface area (Å²) in [4.78, 5) is 16.4. The lowest BCUT2D eigenvalue weighted by atomic mass is 10.2. The predicted octanol–water partition coefficient (Wildman–Crippen LogP) is 4.31. The quantitative estimate of drug-likeness (QED) is 0.847. The van der Waals surface area contributed by atoms with Gasteiger partial charge in [-0.25, -0.2) is 4.98 Å². The molecule has 21 heavy (non-hydrogen) atoms. The first-order valence-electron chi connectivity index (χ1n) is 6.88. The van der Waals surface area contributed by atoms with E-state index < -0.39 is 0 Å². The van der Waals surface area contributed by atoms with E-state index in [1.54, 1.807) is 18.3 Å². The Morgan fingerprint density at radius 3 is 2.76 bits per heavy atom. The van der Waals surface area contributed by atoms with Crippen LogP contribution in [0.1, 0.15) is 30.6 Å². The zero-order valence-corrected chi connectivity index (χ0v) is 13.6. The highest BCUT2D eigenvalue weighted by molar-refractivity contribution is 9.10. The van der Waals surface area contributed by atoms with Gasteiger partial charge in [-0.15, -0.1) is 0 Å². The SMILES string of the molecule is CCC(C)Nc1ccc(NC(=O)c2cccc(Br)c2)cn1. The molecule has 1 aromatic heterocycles. The molecule has 0 aliphatic rings. The Morgan fingerprint density at radius 2 is 2.14 bits per heavy atom. The van der Waals surface area contributed by atoms with Gasteiger partial charge in [0.2, 0.25) is 0 Å². The highest BCUT2D eigenvalue weighted by Gasteiger charge is 2.07. The predicted molar refractivity (Wildman–Crippen MR) is 89.7 cm³/mol. The highest BCUT2D eigenvalue weighted by Crippen LogP contribution is 2.15. The molecule has 0 bridgehead atoms. The van der Waals surface area contributed by atoms with Crippen LogP contribution in [0.4, 0.5) is 11.5 Å². The number of carbonyl (C=O) groups excluding carboxylic acids is 1. The van der Waals surface area contributed by atoms with Crippen molar-refractivity contribution < 1.29 is 4.79 Å². The minimum Gasteiger partial charge on any atom is -0.368 e. The van der Waals surface area contributed by atoms with E-state index in [2.05, 4.69) is 45.4 Å². The summed E-state index contributed by atoms with van der Waals surface area (Å²) >= 11 is 3.35. The Labute approximate surface area is 133 Å². The van der Waals surface area contributed by atoms with Crippen LogP contribution in [0.15, 0.2) is 47.1 Å². The molecule has 0 spiro atoms. The summed E-state index contributed by atoms with van der Waals surface area (Å²) in [7, 11) is 0. The summed E-state index contributed by atoms with van der Waals surface area (Å²) in [5.74, 6) is 0.658. The number of nitrogens with zero attached hydrogens (tertiary/aromatic N) is 1. The molecule has 5 heteroatoms. The molecular formula is C16H18BrN3O. The van der Waals surface area contributed by atoms with Gasteiger partial charge in [-0.05, 0) is 43.7 Å². The van der Waals surface area contributed by atoms with E-state index in [1.165, 1.54) is 0 Å². The molecule has 1 unspecified atom stereocenters. The Bertz CT molecular complexity index is 613. The van der Waals surface area contributed by atoms with E-state index in [0.717, 1.165) is 16.7 Å². The summed E-state index contributed by atoms with van der Waals surface area (Å²) in [6.07, 6.45) is 2.68. The Balaban J connectivity index is 2.01. The van der Waals surface area contributed by atoms with E-state index in [-0.39, 0.29) is 5.91 Å². The van der Waals surface area contributed by atoms with E-state index in [4.69, 9.17) is 0 Å². The second-order valence-corrected chi connectivity index (χ2v) is 5.77. The van der Waals surface area contributed by atoms with Gasteiger partial charge in [0.15, 0.2) is 0 Å². The van der Waals surface area contributed by atoms with E-state index >= 15 is 0 Å². The molecule has 110 valence electrons. The topological polar surface area (TPSA) is 54.0 Å². The van der Waals surface area contributed by atoms with Crippen molar-refractivity contribution in [1.82, 2.24) is 4.98 Å². The number of pyridine rings is 1. The first-order valence-corrected chi connectivity index (χ1v) is 7.67. The second kappa shape index (κ2) is 7.22. The van der Waals surface area contributed by atoms with Gasteiger partial charge in [0.25, 0.3) is 5.91 Å². The van der Waals surface area contributed by atoms with Gasteiger partial charge in [-0.2, -0.15) is 0 Å². The maximum atomic E-state index is 12.1. The number of benzene rings is 1.